The Hall–Kier alpha value is -1.51. The third-order valence-electron chi connectivity index (χ3n) is 1.50. The molecule has 1 aromatic rings. The predicted molar refractivity (Wildman–Crippen MR) is 39.5 cm³/mol. The van der Waals surface area contributed by atoms with Crippen LogP contribution >= 0.6 is 0 Å². The third-order valence-corrected chi connectivity index (χ3v) is 1.50. The first-order valence-electron chi connectivity index (χ1n) is 3.29. The van der Waals surface area contributed by atoms with Gasteiger partial charge in [-0.3, -0.25) is 0 Å². The molecule has 0 N–H and O–H groups in total. The summed E-state index contributed by atoms with van der Waals surface area (Å²) in [6.07, 6.45) is 4.82. The maximum atomic E-state index is 11.0. The molecule has 0 saturated heterocycles. The van der Waals surface area contributed by atoms with Gasteiger partial charge in [-0.15, -0.1) is 0 Å². The minimum absolute atomic E-state index is 0.349. The van der Waals surface area contributed by atoms with E-state index in [1.54, 1.807) is 18.2 Å². The second-order valence-electron chi connectivity index (χ2n) is 2.20. The summed E-state index contributed by atoms with van der Waals surface area (Å²) in [5.41, 5.74) is 0.150. The van der Waals surface area contributed by atoms with E-state index in [2.05, 4.69) is 4.42 Å². The average Bonchev–Trinajstić information content (AvgIpc) is 2.06. The molecule has 11 heavy (non-hydrogen) atoms. The molecule has 2 rings (SSSR count). The first kappa shape index (κ1) is 6.22. The molecule has 0 aromatic carbocycles. The van der Waals surface area contributed by atoms with Crippen molar-refractivity contribution in [2.24, 2.45) is 0 Å². The lowest BCUT2D eigenvalue weighted by Crippen LogP contribution is -2.09. The molecule has 0 radical (unpaired) electrons. The van der Waals surface area contributed by atoms with E-state index >= 15 is 0 Å². The minimum Gasteiger partial charge on any atom is -0.489 e. The zero-order chi connectivity index (χ0) is 7.68. The summed E-state index contributed by atoms with van der Waals surface area (Å²) in [4.78, 5) is 11.0. The summed E-state index contributed by atoms with van der Waals surface area (Å²) in [7, 11) is 0. The topological polar surface area (TPSA) is 39.4 Å². The van der Waals surface area contributed by atoms with Crippen molar-refractivity contribution >= 4 is 6.08 Å². The Balaban J connectivity index is 2.70. The van der Waals surface area contributed by atoms with Gasteiger partial charge in [-0.1, -0.05) is 0 Å². The van der Waals surface area contributed by atoms with Gasteiger partial charge in [-0.05, 0) is 12.2 Å². The quantitative estimate of drug-likeness (QED) is 0.554. The largest absolute Gasteiger partial charge is 0.489 e. The van der Waals surface area contributed by atoms with Gasteiger partial charge >= 0.3 is 5.63 Å². The zero-order valence-electron chi connectivity index (χ0n) is 5.74. The van der Waals surface area contributed by atoms with Gasteiger partial charge in [0.2, 0.25) is 0 Å². The molecule has 3 nitrogen and oxygen atoms in total. The van der Waals surface area contributed by atoms with Crippen LogP contribution < -0.4 is 10.4 Å². The van der Waals surface area contributed by atoms with Crippen molar-refractivity contribution in [1.82, 2.24) is 0 Å². The van der Waals surface area contributed by atoms with Crippen LogP contribution in [0.5, 0.6) is 5.75 Å². The van der Waals surface area contributed by atoms with Crippen LogP contribution in [-0.4, -0.2) is 6.61 Å². The van der Waals surface area contributed by atoms with Crippen molar-refractivity contribution in [3.05, 3.63) is 34.4 Å². The number of hydrogen-bond donors (Lipinski definition) is 0. The molecule has 0 spiro atoms. The SMILES string of the molecule is O=c1occc2c1C=CCO2. The molecule has 0 bridgehead atoms. The number of hydrogen-bond acceptors (Lipinski definition) is 3. The molecule has 0 fully saturated rings. The highest BCUT2D eigenvalue weighted by atomic mass is 16.5. The van der Waals surface area contributed by atoms with Crippen LogP contribution in [0.15, 0.2) is 27.6 Å². The Bertz CT molecular complexity index is 349. The summed E-state index contributed by atoms with van der Waals surface area (Å²) in [6.45, 7) is 0.524. The summed E-state index contributed by atoms with van der Waals surface area (Å²) < 4.78 is 9.80. The van der Waals surface area contributed by atoms with Crippen LogP contribution in [0.1, 0.15) is 5.56 Å². The molecule has 1 aromatic heterocycles. The van der Waals surface area contributed by atoms with Gasteiger partial charge in [0.25, 0.3) is 0 Å². The molecule has 2 heterocycles. The van der Waals surface area contributed by atoms with Crippen molar-refractivity contribution in [1.29, 1.82) is 0 Å². The van der Waals surface area contributed by atoms with E-state index < -0.39 is 0 Å². The molecule has 3 heteroatoms. The van der Waals surface area contributed by atoms with Crippen molar-refractivity contribution in [2.75, 3.05) is 6.61 Å². The molecule has 0 aliphatic carbocycles. The second-order valence-corrected chi connectivity index (χ2v) is 2.20. The fourth-order valence-electron chi connectivity index (χ4n) is 0.991. The van der Waals surface area contributed by atoms with Crippen LogP contribution in [0, 0.1) is 0 Å². The van der Waals surface area contributed by atoms with E-state index in [9.17, 15) is 4.79 Å². The summed E-state index contributed by atoms with van der Waals surface area (Å²) in [6, 6.07) is 1.64. The Labute approximate surface area is 62.9 Å². The van der Waals surface area contributed by atoms with E-state index in [1.807, 2.05) is 0 Å². The van der Waals surface area contributed by atoms with Crippen LogP contribution in [0.2, 0.25) is 0 Å². The second kappa shape index (κ2) is 2.27. The highest BCUT2D eigenvalue weighted by Crippen LogP contribution is 2.18. The van der Waals surface area contributed by atoms with E-state index in [0.29, 0.717) is 17.9 Å². The number of fused-ring (bicyclic) bond motifs is 1. The van der Waals surface area contributed by atoms with Gasteiger partial charge in [-0.2, -0.15) is 0 Å². The van der Waals surface area contributed by atoms with Crippen molar-refractivity contribution in [2.45, 2.75) is 0 Å². The van der Waals surface area contributed by atoms with E-state index in [0.717, 1.165) is 0 Å². The molecule has 0 unspecified atom stereocenters. The van der Waals surface area contributed by atoms with Crippen molar-refractivity contribution in [3.8, 4) is 5.75 Å². The summed E-state index contributed by atoms with van der Waals surface area (Å²) in [5, 5.41) is 0. The van der Waals surface area contributed by atoms with Gasteiger partial charge in [0.15, 0.2) is 0 Å². The standard InChI is InChI=1S/C8H6O3/c9-8-6-2-1-4-10-7(6)3-5-11-8/h1-3,5H,4H2. The molecule has 0 saturated carbocycles. The Kier molecular flexibility index (Phi) is 1.28. The molecule has 0 amide bonds. The normalized spacial score (nSPS) is 13.8. The highest BCUT2D eigenvalue weighted by molar-refractivity contribution is 5.57. The monoisotopic (exact) mass is 150 g/mol. The predicted octanol–water partition coefficient (Wildman–Crippen LogP) is 1.05. The zero-order valence-corrected chi connectivity index (χ0v) is 5.74. The van der Waals surface area contributed by atoms with Crippen molar-refractivity contribution in [3.63, 3.8) is 0 Å². The van der Waals surface area contributed by atoms with Crippen LogP contribution in [0.4, 0.5) is 0 Å². The molecule has 0 atom stereocenters. The maximum absolute atomic E-state index is 11.0. The van der Waals surface area contributed by atoms with Gasteiger partial charge in [0, 0.05) is 6.07 Å². The minimum atomic E-state index is -0.349. The average molecular weight is 150 g/mol. The van der Waals surface area contributed by atoms with Crippen molar-refractivity contribution < 1.29 is 9.15 Å². The Morgan fingerprint density at radius 2 is 2.36 bits per heavy atom. The first-order chi connectivity index (χ1) is 5.38. The van der Waals surface area contributed by atoms with Gasteiger partial charge in [0.1, 0.15) is 17.9 Å². The molecule has 1 aliphatic rings. The lowest BCUT2D eigenvalue weighted by molar-refractivity contribution is 0.350. The number of rotatable bonds is 0. The lowest BCUT2D eigenvalue weighted by atomic mass is 10.2. The molecular weight excluding hydrogens is 144 g/mol. The Morgan fingerprint density at radius 3 is 3.18 bits per heavy atom. The molecular formula is C8H6O3. The van der Waals surface area contributed by atoms with Gasteiger partial charge in [-0.25, -0.2) is 4.79 Å². The fraction of sp³-hybridized carbons (Fsp3) is 0.125. The van der Waals surface area contributed by atoms with Gasteiger partial charge in [0.05, 0.1) is 6.26 Å². The van der Waals surface area contributed by atoms with E-state index in [-0.39, 0.29) is 5.63 Å². The van der Waals surface area contributed by atoms with Crippen LogP contribution in [0.3, 0.4) is 0 Å². The smallest absolute Gasteiger partial charge is 0.346 e. The maximum Gasteiger partial charge on any atom is 0.346 e. The molecule has 1 aliphatic heterocycles. The van der Waals surface area contributed by atoms with Crippen LogP contribution in [0.25, 0.3) is 6.08 Å². The highest BCUT2D eigenvalue weighted by Gasteiger charge is 2.08. The fourth-order valence-corrected chi connectivity index (χ4v) is 0.991. The molecule has 56 valence electrons. The first-order valence-corrected chi connectivity index (χ1v) is 3.29. The van der Waals surface area contributed by atoms with Gasteiger partial charge < -0.3 is 9.15 Å². The summed E-state index contributed by atoms with van der Waals surface area (Å²) >= 11 is 0. The van der Waals surface area contributed by atoms with E-state index in [1.165, 1.54) is 6.26 Å². The lowest BCUT2D eigenvalue weighted by Gasteiger charge is -2.08. The number of ether oxygens (including phenoxy) is 1. The van der Waals surface area contributed by atoms with Crippen LogP contribution in [-0.2, 0) is 0 Å². The Morgan fingerprint density at radius 1 is 1.45 bits per heavy atom. The third kappa shape index (κ3) is 0.941. The van der Waals surface area contributed by atoms with E-state index in [4.69, 9.17) is 4.74 Å². The summed E-state index contributed by atoms with van der Waals surface area (Å²) in [5.74, 6) is 0.601.